The molecule has 0 spiro atoms. The van der Waals surface area contributed by atoms with E-state index in [1.54, 1.807) is 24.3 Å². The fourth-order valence-corrected chi connectivity index (χ4v) is 3.26. The Morgan fingerprint density at radius 3 is 2.04 bits per heavy atom. The molecule has 3 aromatic carbocycles. The third-order valence-corrected chi connectivity index (χ3v) is 4.57. The number of nitrogens with zero attached hydrogens (tertiary/aromatic N) is 2. The molecule has 0 radical (unpaired) electrons. The largest absolute Gasteiger partial charge is 0.362 e. The van der Waals surface area contributed by atoms with Gasteiger partial charge < -0.3 is 5.11 Å². The van der Waals surface area contributed by atoms with Crippen molar-refractivity contribution in [2.45, 2.75) is 12.6 Å². The van der Waals surface area contributed by atoms with Gasteiger partial charge in [-0.3, -0.25) is 4.90 Å². The highest BCUT2D eigenvalue weighted by atomic mass is 16.3. The first kappa shape index (κ1) is 16.2. The molecule has 1 heterocycles. The van der Waals surface area contributed by atoms with E-state index in [0.717, 1.165) is 5.56 Å². The number of benzene rings is 3. The van der Waals surface area contributed by atoms with Crippen molar-refractivity contribution in [1.82, 2.24) is 0 Å². The van der Waals surface area contributed by atoms with Crippen LogP contribution in [0, 0.1) is 6.92 Å². The molecular weight excluding hydrogens is 324 g/mol. The van der Waals surface area contributed by atoms with E-state index >= 15 is 0 Å². The Morgan fingerprint density at radius 2 is 1.42 bits per heavy atom. The van der Waals surface area contributed by atoms with E-state index in [9.17, 15) is 9.90 Å². The van der Waals surface area contributed by atoms with Gasteiger partial charge in [-0.1, -0.05) is 78.4 Å². The van der Waals surface area contributed by atoms with Gasteiger partial charge in [0.1, 0.15) is 5.71 Å². The first-order valence-corrected chi connectivity index (χ1v) is 8.44. The lowest BCUT2D eigenvalue weighted by molar-refractivity contribution is 0.120. The zero-order valence-corrected chi connectivity index (χ0v) is 14.3. The number of hydrogen-bond donors (Lipinski definition) is 1. The summed E-state index contributed by atoms with van der Waals surface area (Å²) >= 11 is 0. The maximum absolute atomic E-state index is 12.8. The first-order chi connectivity index (χ1) is 12.6. The zero-order valence-electron chi connectivity index (χ0n) is 14.3. The van der Waals surface area contributed by atoms with Crippen LogP contribution in [0.15, 0.2) is 89.9 Å². The predicted molar refractivity (Wildman–Crippen MR) is 102 cm³/mol. The van der Waals surface area contributed by atoms with Crippen LogP contribution < -0.4 is 4.90 Å². The van der Waals surface area contributed by atoms with Crippen LogP contribution >= 0.6 is 0 Å². The highest BCUT2D eigenvalue weighted by molar-refractivity contribution is 6.22. The highest BCUT2D eigenvalue weighted by Gasteiger charge is 2.50. The fourth-order valence-electron chi connectivity index (χ4n) is 3.26. The SMILES string of the molecule is Cc1ccc(C2=NC(=O)N(c3ccccc3)C2(O)c2ccccc2)cc1. The van der Waals surface area contributed by atoms with Crippen LogP contribution in [0.5, 0.6) is 0 Å². The predicted octanol–water partition coefficient (Wildman–Crippen LogP) is 4.27. The Bertz CT molecular complexity index is 966. The lowest BCUT2D eigenvalue weighted by atomic mass is 9.91. The van der Waals surface area contributed by atoms with E-state index in [2.05, 4.69) is 4.99 Å². The monoisotopic (exact) mass is 342 g/mol. The Hall–Kier alpha value is -3.24. The summed E-state index contributed by atoms with van der Waals surface area (Å²) in [6.45, 7) is 1.99. The lowest BCUT2D eigenvalue weighted by Crippen LogP contribution is -2.49. The van der Waals surface area contributed by atoms with Crippen molar-refractivity contribution in [1.29, 1.82) is 0 Å². The molecule has 1 unspecified atom stereocenters. The number of aryl methyl sites for hydroxylation is 1. The number of urea groups is 1. The summed E-state index contributed by atoms with van der Waals surface area (Å²) in [7, 11) is 0. The van der Waals surface area contributed by atoms with Crippen molar-refractivity contribution < 1.29 is 9.90 Å². The Labute approximate surface area is 152 Å². The topological polar surface area (TPSA) is 52.9 Å². The van der Waals surface area contributed by atoms with Gasteiger partial charge in [0.25, 0.3) is 0 Å². The molecule has 1 aliphatic rings. The number of para-hydroxylation sites is 1. The van der Waals surface area contributed by atoms with Crippen LogP contribution in [0.4, 0.5) is 10.5 Å². The van der Waals surface area contributed by atoms with Gasteiger partial charge in [-0.25, -0.2) is 4.79 Å². The van der Waals surface area contributed by atoms with Crippen molar-refractivity contribution in [2.24, 2.45) is 4.99 Å². The van der Waals surface area contributed by atoms with Crippen molar-refractivity contribution in [3.8, 4) is 0 Å². The highest BCUT2D eigenvalue weighted by Crippen LogP contribution is 2.39. The average Bonchev–Trinajstić information content (AvgIpc) is 2.95. The number of aliphatic hydroxyl groups is 1. The molecule has 1 N–H and O–H groups in total. The molecule has 2 amide bonds. The number of amides is 2. The second-order valence-electron chi connectivity index (χ2n) is 6.32. The molecule has 0 aliphatic carbocycles. The molecule has 0 bridgehead atoms. The third kappa shape index (κ3) is 2.52. The van der Waals surface area contributed by atoms with Crippen LogP contribution in [0.2, 0.25) is 0 Å². The van der Waals surface area contributed by atoms with Gasteiger partial charge in [0.15, 0.2) is 0 Å². The van der Waals surface area contributed by atoms with Crippen molar-refractivity contribution in [3.63, 3.8) is 0 Å². The number of aliphatic imine (C=N–C) groups is 1. The van der Waals surface area contributed by atoms with Crippen LogP contribution in [0.1, 0.15) is 16.7 Å². The van der Waals surface area contributed by atoms with Gasteiger partial charge in [-0.05, 0) is 19.1 Å². The molecular formula is C22H18N2O2. The van der Waals surface area contributed by atoms with Gasteiger partial charge in [0, 0.05) is 16.8 Å². The van der Waals surface area contributed by atoms with Crippen LogP contribution in [-0.2, 0) is 5.72 Å². The summed E-state index contributed by atoms with van der Waals surface area (Å²) in [5.74, 6) is 0. The summed E-state index contributed by atoms with van der Waals surface area (Å²) in [4.78, 5) is 18.4. The summed E-state index contributed by atoms with van der Waals surface area (Å²) in [5, 5.41) is 11.8. The summed E-state index contributed by atoms with van der Waals surface area (Å²) in [5.41, 5.74) is 1.66. The van der Waals surface area contributed by atoms with Crippen LogP contribution in [0.25, 0.3) is 0 Å². The lowest BCUT2D eigenvalue weighted by Gasteiger charge is -2.34. The second-order valence-corrected chi connectivity index (χ2v) is 6.32. The zero-order chi connectivity index (χ0) is 18.1. The molecule has 0 fully saturated rings. The average molecular weight is 342 g/mol. The molecule has 26 heavy (non-hydrogen) atoms. The Kier molecular flexibility index (Phi) is 3.90. The smallest absolute Gasteiger partial charge is 0.351 e. The number of hydrogen-bond acceptors (Lipinski definition) is 2. The number of rotatable bonds is 3. The Balaban J connectivity index is 1.92. The third-order valence-electron chi connectivity index (χ3n) is 4.57. The van der Waals surface area contributed by atoms with E-state index in [1.165, 1.54) is 4.90 Å². The van der Waals surface area contributed by atoms with Crippen molar-refractivity contribution in [3.05, 3.63) is 102 Å². The Morgan fingerprint density at radius 1 is 0.846 bits per heavy atom. The summed E-state index contributed by atoms with van der Waals surface area (Å²) in [6.07, 6.45) is 0. The van der Waals surface area contributed by atoms with Crippen molar-refractivity contribution >= 4 is 17.4 Å². The minimum atomic E-state index is -1.67. The van der Waals surface area contributed by atoms with Gasteiger partial charge >= 0.3 is 6.03 Å². The van der Waals surface area contributed by atoms with Gasteiger partial charge in [0.2, 0.25) is 5.72 Å². The molecule has 0 aromatic heterocycles. The van der Waals surface area contributed by atoms with Gasteiger partial charge in [-0.15, -0.1) is 0 Å². The minimum absolute atomic E-state index is 0.331. The van der Waals surface area contributed by atoms with Crippen LogP contribution in [-0.4, -0.2) is 16.8 Å². The fraction of sp³-hybridized carbons (Fsp3) is 0.0909. The maximum Gasteiger partial charge on any atom is 0.351 e. The molecule has 0 saturated carbocycles. The number of carbonyl (C=O) groups excluding carboxylic acids is 1. The maximum atomic E-state index is 12.8. The quantitative estimate of drug-likeness (QED) is 0.773. The molecule has 4 heteroatoms. The first-order valence-electron chi connectivity index (χ1n) is 8.44. The van der Waals surface area contributed by atoms with Gasteiger partial charge in [0.05, 0.1) is 0 Å². The molecule has 4 nitrogen and oxygen atoms in total. The normalized spacial score (nSPS) is 19.5. The van der Waals surface area contributed by atoms with Gasteiger partial charge in [-0.2, -0.15) is 4.99 Å². The van der Waals surface area contributed by atoms with E-state index in [4.69, 9.17) is 0 Å². The standard InChI is InChI=1S/C22H18N2O2/c1-16-12-14-17(15-13-16)20-22(26,18-8-4-2-5-9-18)24(21(25)23-20)19-10-6-3-7-11-19/h2-15,26H,1H3. The summed E-state index contributed by atoms with van der Waals surface area (Å²) in [6, 6.07) is 25.4. The molecule has 3 aromatic rings. The molecule has 1 aliphatic heterocycles. The van der Waals surface area contributed by atoms with E-state index in [0.29, 0.717) is 22.5 Å². The molecule has 128 valence electrons. The summed E-state index contributed by atoms with van der Waals surface area (Å²) < 4.78 is 0. The second kappa shape index (κ2) is 6.24. The molecule has 1 atom stereocenters. The number of anilines is 1. The molecule has 0 saturated heterocycles. The van der Waals surface area contributed by atoms with E-state index < -0.39 is 11.8 Å². The van der Waals surface area contributed by atoms with E-state index in [1.807, 2.05) is 67.6 Å². The van der Waals surface area contributed by atoms with Crippen molar-refractivity contribution in [2.75, 3.05) is 4.90 Å². The molecule has 4 rings (SSSR count). The minimum Gasteiger partial charge on any atom is -0.362 e. The van der Waals surface area contributed by atoms with E-state index in [-0.39, 0.29) is 0 Å². The van der Waals surface area contributed by atoms with Crippen LogP contribution in [0.3, 0.4) is 0 Å². The number of carbonyl (C=O) groups is 1.